The maximum Gasteiger partial charge on any atom is 0.228 e. The van der Waals surface area contributed by atoms with Crippen molar-refractivity contribution in [1.82, 2.24) is 9.78 Å². The van der Waals surface area contributed by atoms with Gasteiger partial charge in [0.2, 0.25) is 5.91 Å². The molecule has 1 N–H and O–H groups in total. The Morgan fingerprint density at radius 1 is 1.32 bits per heavy atom. The summed E-state index contributed by atoms with van der Waals surface area (Å²) in [5, 5.41) is 7.13. The molecule has 0 unspecified atom stereocenters. The number of carbonyl (C=O) groups excluding carboxylic acids is 1. The summed E-state index contributed by atoms with van der Waals surface area (Å²) in [6.45, 7) is 1.49. The van der Waals surface area contributed by atoms with Crippen molar-refractivity contribution in [2.75, 3.05) is 18.5 Å². The summed E-state index contributed by atoms with van der Waals surface area (Å²) >= 11 is 0. The average molecular weight is 303 g/mol. The van der Waals surface area contributed by atoms with E-state index in [4.69, 9.17) is 4.74 Å². The molecule has 1 saturated heterocycles. The van der Waals surface area contributed by atoms with Gasteiger partial charge in [-0.3, -0.25) is 9.48 Å². The molecular weight excluding hydrogens is 285 g/mol. The molecule has 0 bridgehead atoms. The molecule has 1 aromatic heterocycles. The zero-order valence-electron chi connectivity index (χ0n) is 12.2. The van der Waals surface area contributed by atoms with Gasteiger partial charge in [0.05, 0.1) is 24.3 Å². The number of aromatic nitrogens is 2. The van der Waals surface area contributed by atoms with Crippen LogP contribution in [0, 0.1) is 5.82 Å². The lowest BCUT2D eigenvalue weighted by atomic mass is 10.1. The Morgan fingerprint density at radius 2 is 2.05 bits per heavy atom. The molecule has 116 valence electrons. The molecule has 0 saturated carbocycles. The van der Waals surface area contributed by atoms with Crippen LogP contribution in [0.1, 0.15) is 24.4 Å². The fourth-order valence-electron chi connectivity index (χ4n) is 2.54. The zero-order valence-corrected chi connectivity index (χ0v) is 12.2. The van der Waals surface area contributed by atoms with Crippen molar-refractivity contribution >= 4 is 11.6 Å². The predicted octanol–water partition coefficient (Wildman–Crippen LogP) is 2.55. The van der Waals surface area contributed by atoms with E-state index < -0.39 is 0 Å². The average Bonchev–Trinajstić information content (AvgIpc) is 2.99. The molecule has 0 spiro atoms. The van der Waals surface area contributed by atoms with Gasteiger partial charge < -0.3 is 10.1 Å². The van der Waals surface area contributed by atoms with Gasteiger partial charge in [-0.25, -0.2) is 4.39 Å². The van der Waals surface area contributed by atoms with E-state index in [0.717, 1.165) is 31.6 Å². The Morgan fingerprint density at radius 3 is 2.77 bits per heavy atom. The number of hydrogen-bond donors (Lipinski definition) is 1. The molecule has 1 aliphatic rings. The van der Waals surface area contributed by atoms with Crippen molar-refractivity contribution in [2.24, 2.45) is 0 Å². The second-order valence-electron chi connectivity index (χ2n) is 5.40. The number of rotatable bonds is 4. The van der Waals surface area contributed by atoms with Crippen LogP contribution >= 0.6 is 0 Å². The van der Waals surface area contributed by atoms with E-state index >= 15 is 0 Å². The lowest BCUT2D eigenvalue weighted by molar-refractivity contribution is -0.115. The van der Waals surface area contributed by atoms with Crippen molar-refractivity contribution < 1.29 is 13.9 Å². The van der Waals surface area contributed by atoms with E-state index in [1.165, 1.54) is 12.1 Å². The first-order chi connectivity index (χ1) is 10.7. The zero-order chi connectivity index (χ0) is 15.4. The molecule has 0 atom stereocenters. The summed E-state index contributed by atoms with van der Waals surface area (Å²) in [4.78, 5) is 12.0. The van der Waals surface area contributed by atoms with Crippen molar-refractivity contribution in [2.45, 2.75) is 25.3 Å². The number of nitrogens with zero attached hydrogens (tertiary/aromatic N) is 2. The molecule has 2 aromatic rings. The molecule has 22 heavy (non-hydrogen) atoms. The Hall–Kier alpha value is -2.21. The van der Waals surface area contributed by atoms with Crippen LogP contribution in [0.2, 0.25) is 0 Å². The largest absolute Gasteiger partial charge is 0.381 e. The van der Waals surface area contributed by atoms with E-state index in [9.17, 15) is 9.18 Å². The number of ether oxygens (including phenoxy) is 1. The third kappa shape index (κ3) is 3.71. The molecule has 1 aromatic carbocycles. The van der Waals surface area contributed by atoms with Crippen molar-refractivity contribution in [3.8, 4) is 0 Å². The van der Waals surface area contributed by atoms with Crippen LogP contribution in [0.25, 0.3) is 0 Å². The van der Waals surface area contributed by atoms with Gasteiger partial charge in [0.1, 0.15) is 5.82 Å². The lowest BCUT2D eigenvalue weighted by Gasteiger charge is -2.22. The summed E-state index contributed by atoms with van der Waals surface area (Å²) in [7, 11) is 0. The summed E-state index contributed by atoms with van der Waals surface area (Å²) in [6.07, 6.45) is 5.58. The molecule has 6 heteroatoms. The van der Waals surface area contributed by atoms with Gasteiger partial charge >= 0.3 is 0 Å². The highest BCUT2D eigenvalue weighted by Crippen LogP contribution is 2.21. The molecule has 2 heterocycles. The molecule has 1 fully saturated rings. The molecular formula is C16H18FN3O2. The van der Waals surface area contributed by atoms with E-state index in [1.54, 1.807) is 18.3 Å². The number of anilines is 1. The minimum atomic E-state index is -0.304. The van der Waals surface area contributed by atoms with Crippen LogP contribution in [0.5, 0.6) is 0 Å². The number of carbonyl (C=O) groups is 1. The van der Waals surface area contributed by atoms with Crippen LogP contribution in [-0.2, 0) is 16.0 Å². The van der Waals surface area contributed by atoms with Crippen LogP contribution in [0.3, 0.4) is 0 Å². The van der Waals surface area contributed by atoms with Crippen LogP contribution in [-0.4, -0.2) is 28.9 Å². The maximum absolute atomic E-state index is 12.8. The Bertz CT molecular complexity index is 633. The van der Waals surface area contributed by atoms with E-state index in [1.807, 2.05) is 10.9 Å². The molecule has 5 nitrogen and oxygen atoms in total. The van der Waals surface area contributed by atoms with Gasteiger partial charge in [0.25, 0.3) is 0 Å². The first-order valence-electron chi connectivity index (χ1n) is 7.37. The van der Waals surface area contributed by atoms with Crippen molar-refractivity contribution in [3.05, 3.63) is 48.0 Å². The molecule has 0 radical (unpaired) electrons. The highest BCUT2D eigenvalue weighted by atomic mass is 19.1. The van der Waals surface area contributed by atoms with Crippen molar-refractivity contribution in [1.29, 1.82) is 0 Å². The first-order valence-corrected chi connectivity index (χ1v) is 7.37. The monoisotopic (exact) mass is 303 g/mol. The predicted molar refractivity (Wildman–Crippen MR) is 80.1 cm³/mol. The number of benzene rings is 1. The normalized spacial score (nSPS) is 15.7. The second kappa shape index (κ2) is 6.70. The fourth-order valence-corrected chi connectivity index (χ4v) is 2.54. The SMILES string of the molecule is O=C(Cc1ccc(F)cc1)Nc1cnn(C2CCOCC2)c1. The molecule has 0 aliphatic carbocycles. The fraction of sp³-hybridized carbons (Fsp3) is 0.375. The van der Waals surface area contributed by atoms with Gasteiger partial charge in [-0.15, -0.1) is 0 Å². The summed E-state index contributed by atoms with van der Waals surface area (Å²) in [5.41, 5.74) is 1.45. The molecule has 1 aliphatic heterocycles. The van der Waals surface area contributed by atoms with Crippen LogP contribution < -0.4 is 5.32 Å². The highest BCUT2D eigenvalue weighted by Gasteiger charge is 2.16. The topological polar surface area (TPSA) is 56.2 Å². The highest BCUT2D eigenvalue weighted by molar-refractivity contribution is 5.91. The van der Waals surface area contributed by atoms with Crippen LogP contribution in [0.4, 0.5) is 10.1 Å². The van der Waals surface area contributed by atoms with Crippen LogP contribution in [0.15, 0.2) is 36.7 Å². The first kappa shape index (κ1) is 14.7. The number of amides is 1. The third-order valence-corrected chi connectivity index (χ3v) is 3.73. The Kier molecular flexibility index (Phi) is 4.48. The standard InChI is InChI=1S/C16H18FN3O2/c17-13-3-1-12(2-4-13)9-16(21)19-14-10-18-20(11-14)15-5-7-22-8-6-15/h1-4,10-11,15H,5-9H2,(H,19,21). The van der Waals surface area contributed by atoms with Gasteiger partial charge in [0.15, 0.2) is 0 Å². The van der Waals surface area contributed by atoms with E-state index in [0.29, 0.717) is 11.7 Å². The van der Waals surface area contributed by atoms with Gasteiger partial charge in [0, 0.05) is 19.4 Å². The van der Waals surface area contributed by atoms with Crippen molar-refractivity contribution in [3.63, 3.8) is 0 Å². The quantitative estimate of drug-likeness (QED) is 0.944. The van der Waals surface area contributed by atoms with Gasteiger partial charge in [-0.1, -0.05) is 12.1 Å². The summed E-state index contributed by atoms with van der Waals surface area (Å²) in [6, 6.07) is 6.26. The molecule has 1 amide bonds. The number of hydrogen-bond acceptors (Lipinski definition) is 3. The second-order valence-corrected chi connectivity index (χ2v) is 5.40. The smallest absolute Gasteiger partial charge is 0.228 e. The van der Waals surface area contributed by atoms with E-state index in [2.05, 4.69) is 10.4 Å². The Labute approximate surface area is 128 Å². The minimum absolute atomic E-state index is 0.141. The third-order valence-electron chi connectivity index (χ3n) is 3.73. The number of halogens is 1. The Balaban J connectivity index is 1.57. The van der Waals surface area contributed by atoms with E-state index in [-0.39, 0.29) is 18.1 Å². The van der Waals surface area contributed by atoms with Gasteiger partial charge in [-0.2, -0.15) is 5.10 Å². The molecule has 3 rings (SSSR count). The van der Waals surface area contributed by atoms with Gasteiger partial charge in [-0.05, 0) is 30.5 Å². The number of nitrogens with one attached hydrogen (secondary N) is 1. The minimum Gasteiger partial charge on any atom is -0.381 e. The summed E-state index contributed by atoms with van der Waals surface area (Å²) < 4.78 is 20.0. The maximum atomic E-state index is 12.8. The lowest BCUT2D eigenvalue weighted by Crippen LogP contribution is -2.20. The summed E-state index contributed by atoms with van der Waals surface area (Å²) in [5.74, 6) is -0.444.